The van der Waals surface area contributed by atoms with E-state index in [0.29, 0.717) is 36.9 Å². The molecule has 0 spiro atoms. The van der Waals surface area contributed by atoms with Crippen molar-refractivity contribution in [1.29, 1.82) is 0 Å². The Bertz CT molecular complexity index is 713. The Labute approximate surface area is 176 Å². The van der Waals surface area contributed by atoms with Gasteiger partial charge in [-0.3, -0.25) is 4.79 Å². The predicted octanol–water partition coefficient (Wildman–Crippen LogP) is 2.32. The van der Waals surface area contributed by atoms with E-state index in [2.05, 4.69) is 10.3 Å². The Balaban J connectivity index is 0.00000338. The number of thiazole rings is 1. The molecule has 0 unspecified atom stereocenters. The van der Waals surface area contributed by atoms with Crippen LogP contribution in [0.4, 0.5) is 0 Å². The third-order valence-electron chi connectivity index (χ3n) is 3.44. The van der Waals surface area contributed by atoms with Crippen molar-refractivity contribution < 1.29 is 14.3 Å². The number of hydrogen-bond donors (Lipinski definition) is 2. The first-order chi connectivity index (χ1) is 12.0. The van der Waals surface area contributed by atoms with Gasteiger partial charge in [0.1, 0.15) is 17.3 Å². The second-order valence-electron chi connectivity index (χ2n) is 5.65. The summed E-state index contributed by atoms with van der Waals surface area (Å²) >= 11 is 1.38. The van der Waals surface area contributed by atoms with Crippen molar-refractivity contribution in [2.45, 2.75) is 13.1 Å². The van der Waals surface area contributed by atoms with Crippen LogP contribution in [0.3, 0.4) is 0 Å². The van der Waals surface area contributed by atoms with E-state index >= 15 is 0 Å². The zero-order valence-electron chi connectivity index (χ0n) is 15.6. The van der Waals surface area contributed by atoms with Gasteiger partial charge in [0.15, 0.2) is 11.5 Å². The molecule has 0 aliphatic rings. The van der Waals surface area contributed by atoms with E-state index in [1.165, 1.54) is 11.3 Å². The van der Waals surface area contributed by atoms with Gasteiger partial charge in [0.05, 0.1) is 7.11 Å². The molecule has 2 rings (SSSR count). The first-order valence-corrected chi connectivity index (χ1v) is 8.78. The van der Waals surface area contributed by atoms with Crippen LogP contribution in [0.5, 0.6) is 11.5 Å². The molecule has 0 radical (unpaired) electrons. The molecule has 0 aliphatic carbocycles. The Morgan fingerprint density at radius 2 is 2.04 bits per heavy atom. The fraction of sp³-hybridized carbons (Fsp3) is 0.412. The molecule has 7 nitrogen and oxygen atoms in total. The molecular weight excluding hydrogens is 411 g/mol. The van der Waals surface area contributed by atoms with Crippen LogP contribution in [0.25, 0.3) is 0 Å². The maximum atomic E-state index is 12.1. The summed E-state index contributed by atoms with van der Waals surface area (Å²) in [5.41, 5.74) is 6.82. The molecule has 0 saturated carbocycles. The molecule has 1 aromatic carbocycles. The number of carbonyl (C=O) groups excluding carboxylic acids is 1. The highest BCUT2D eigenvalue weighted by molar-refractivity contribution is 7.09. The first-order valence-electron chi connectivity index (χ1n) is 7.90. The van der Waals surface area contributed by atoms with Gasteiger partial charge in [-0.2, -0.15) is 0 Å². The van der Waals surface area contributed by atoms with Gasteiger partial charge in [0.25, 0.3) is 5.91 Å². The molecule has 27 heavy (non-hydrogen) atoms. The van der Waals surface area contributed by atoms with Gasteiger partial charge in [-0.05, 0) is 31.8 Å². The van der Waals surface area contributed by atoms with Crippen LogP contribution in [0.1, 0.15) is 21.1 Å². The average Bonchev–Trinajstić information content (AvgIpc) is 3.09. The Morgan fingerprint density at radius 3 is 2.63 bits per heavy atom. The summed E-state index contributed by atoms with van der Waals surface area (Å²) < 4.78 is 11.1. The van der Waals surface area contributed by atoms with Crippen molar-refractivity contribution in [1.82, 2.24) is 15.2 Å². The highest BCUT2D eigenvalue weighted by atomic mass is 35.5. The largest absolute Gasteiger partial charge is 0.493 e. The fourth-order valence-electron chi connectivity index (χ4n) is 2.06. The van der Waals surface area contributed by atoms with Gasteiger partial charge in [0.2, 0.25) is 0 Å². The maximum absolute atomic E-state index is 12.1. The topological polar surface area (TPSA) is 89.7 Å². The van der Waals surface area contributed by atoms with Crippen molar-refractivity contribution in [3.05, 3.63) is 39.8 Å². The zero-order valence-corrected chi connectivity index (χ0v) is 18.0. The number of nitrogens with zero attached hydrogens (tertiary/aromatic N) is 2. The number of amides is 1. The smallest absolute Gasteiger partial charge is 0.271 e. The molecule has 0 atom stereocenters. The normalized spacial score (nSPS) is 9.96. The van der Waals surface area contributed by atoms with E-state index in [4.69, 9.17) is 15.2 Å². The molecule has 1 amide bonds. The van der Waals surface area contributed by atoms with Gasteiger partial charge >= 0.3 is 0 Å². The highest BCUT2D eigenvalue weighted by Crippen LogP contribution is 2.28. The lowest BCUT2D eigenvalue weighted by Gasteiger charge is -2.14. The third kappa shape index (κ3) is 7.90. The third-order valence-corrected chi connectivity index (χ3v) is 4.31. The highest BCUT2D eigenvalue weighted by Gasteiger charge is 2.11. The predicted molar refractivity (Wildman–Crippen MR) is 113 cm³/mol. The molecule has 2 aromatic rings. The summed E-state index contributed by atoms with van der Waals surface area (Å²) in [6.45, 7) is 2.11. The quantitative estimate of drug-likeness (QED) is 0.626. The summed E-state index contributed by atoms with van der Waals surface area (Å²) in [5.74, 6) is 1.11. The van der Waals surface area contributed by atoms with Crippen LogP contribution in [-0.2, 0) is 13.1 Å². The van der Waals surface area contributed by atoms with Crippen molar-refractivity contribution >= 4 is 42.1 Å². The van der Waals surface area contributed by atoms with Gasteiger partial charge in [-0.1, -0.05) is 6.07 Å². The summed E-state index contributed by atoms with van der Waals surface area (Å²) in [6, 6.07) is 5.61. The summed E-state index contributed by atoms with van der Waals surface area (Å²) in [4.78, 5) is 18.3. The minimum atomic E-state index is -0.221. The number of likely N-dealkylation sites (N-methyl/N-ethyl adjacent to an activating group) is 1. The van der Waals surface area contributed by atoms with Gasteiger partial charge < -0.3 is 25.4 Å². The second kappa shape index (κ2) is 12.7. The molecule has 3 N–H and O–H groups in total. The molecule has 0 aliphatic heterocycles. The number of halogens is 2. The number of carbonyl (C=O) groups is 1. The zero-order chi connectivity index (χ0) is 18.2. The monoisotopic (exact) mass is 436 g/mol. The molecule has 0 bridgehead atoms. The SMILES string of the molecule is COc1cc(CNC(=O)c2csc(CN)n2)ccc1OCCN(C)C.Cl.Cl. The minimum Gasteiger partial charge on any atom is -0.493 e. The first kappa shape index (κ1) is 25.4. The van der Waals surface area contributed by atoms with E-state index in [1.807, 2.05) is 37.2 Å². The number of methoxy groups -OCH3 is 1. The Kier molecular flexibility index (Phi) is 12.0. The number of rotatable bonds is 9. The molecule has 10 heteroatoms. The fourth-order valence-corrected chi connectivity index (χ4v) is 2.72. The van der Waals surface area contributed by atoms with Crippen molar-refractivity contribution in [2.75, 3.05) is 34.4 Å². The summed E-state index contributed by atoms with van der Waals surface area (Å²) in [7, 11) is 5.58. The molecular formula is C17H26Cl2N4O3S. The Hall–Kier alpha value is -1.58. The van der Waals surface area contributed by atoms with Gasteiger partial charge in [0, 0.05) is 25.0 Å². The lowest BCUT2D eigenvalue weighted by atomic mass is 10.2. The van der Waals surface area contributed by atoms with Crippen LogP contribution < -0.4 is 20.5 Å². The number of nitrogens with two attached hydrogens (primary N) is 1. The van der Waals surface area contributed by atoms with Crippen LogP contribution >= 0.6 is 36.2 Å². The van der Waals surface area contributed by atoms with E-state index in [9.17, 15) is 4.79 Å². The molecule has 152 valence electrons. The summed E-state index contributed by atoms with van der Waals surface area (Å²) in [5, 5.41) is 5.29. The molecule has 0 fully saturated rings. The summed E-state index contributed by atoms with van der Waals surface area (Å²) in [6.07, 6.45) is 0. The van der Waals surface area contributed by atoms with Crippen molar-refractivity contribution in [3.63, 3.8) is 0 Å². The molecule has 1 heterocycles. The lowest BCUT2D eigenvalue weighted by molar-refractivity contribution is 0.0946. The number of nitrogens with one attached hydrogen (secondary N) is 1. The van der Waals surface area contributed by atoms with E-state index in [0.717, 1.165) is 17.1 Å². The van der Waals surface area contributed by atoms with Crippen LogP contribution in [-0.4, -0.2) is 50.1 Å². The van der Waals surface area contributed by atoms with Gasteiger partial charge in [-0.15, -0.1) is 36.2 Å². The number of ether oxygens (including phenoxy) is 2. The van der Waals surface area contributed by atoms with Crippen molar-refractivity contribution in [2.24, 2.45) is 5.73 Å². The molecule has 1 aromatic heterocycles. The Morgan fingerprint density at radius 1 is 1.30 bits per heavy atom. The van der Waals surface area contributed by atoms with E-state index in [1.54, 1.807) is 12.5 Å². The number of hydrogen-bond acceptors (Lipinski definition) is 7. The average molecular weight is 437 g/mol. The van der Waals surface area contributed by atoms with Gasteiger partial charge in [-0.25, -0.2) is 4.98 Å². The number of benzene rings is 1. The van der Waals surface area contributed by atoms with Crippen LogP contribution in [0.15, 0.2) is 23.6 Å². The van der Waals surface area contributed by atoms with Crippen LogP contribution in [0, 0.1) is 0 Å². The minimum absolute atomic E-state index is 0. The van der Waals surface area contributed by atoms with Crippen LogP contribution in [0.2, 0.25) is 0 Å². The molecule has 0 saturated heterocycles. The second-order valence-corrected chi connectivity index (χ2v) is 6.59. The number of aromatic nitrogens is 1. The van der Waals surface area contributed by atoms with E-state index < -0.39 is 0 Å². The van der Waals surface area contributed by atoms with E-state index in [-0.39, 0.29) is 30.7 Å². The lowest BCUT2D eigenvalue weighted by Crippen LogP contribution is -2.23. The maximum Gasteiger partial charge on any atom is 0.271 e. The van der Waals surface area contributed by atoms with Crippen molar-refractivity contribution in [3.8, 4) is 11.5 Å². The standard InChI is InChI=1S/C17H24N4O3S.2ClH/c1-21(2)6-7-24-14-5-4-12(8-15(14)23-3)10-19-17(22)13-11-25-16(9-18)20-13;;/h4-5,8,11H,6-7,9-10,18H2,1-3H3,(H,19,22);2*1H.